The SMILES string of the molecule is C=C(C)COCCNC1CS(=O)(=O)CC1O. The second kappa shape index (κ2) is 5.77. The van der Waals surface area contributed by atoms with E-state index in [2.05, 4.69) is 11.9 Å². The van der Waals surface area contributed by atoms with Crippen LogP contribution in [-0.2, 0) is 14.6 Å². The topological polar surface area (TPSA) is 75.6 Å². The minimum absolute atomic E-state index is 0.00858. The summed E-state index contributed by atoms with van der Waals surface area (Å²) in [5.41, 5.74) is 0.948. The zero-order valence-electron chi connectivity index (χ0n) is 9.48. The van der Waals surface area contributed by atoms with Crippen LogP contribution in [-0.4, -0.2) is 56.9 Å². The predicted octanol–water partition coefficient (Wildman–Crippen LogP) is -0.673. The van der Waals surface area contributed by atoms with Crippen molar-refractivity contribution in [3.8, 4) is 0 Å². The number of sulfone groups is 1. The molecule has 1 rings (SSSR count). The molecule has 0 aromatic rings. The number of rotatable bonds is 6. The third kappa shape index (κ3) is 4.61. The molecule has 1 aliphatic rings. The molecular weight excluding hydrogens is 230 g/mol. The van der Waals surface area contributed by atoms with Crippen molar-refractivity contribution in [3.05, 3.63) is 12.2 Å². The first-order valence-electron chi connectivity index (χ1n) is 5.25. The van der Waals surface area contributed by atoms with Crippen LogP contribution in [0.3, 0.4) is 0 Å². The van der Waals surface area contributed by atoms with Crippen molar-refractivity contribution in [2.75, 3.05) is 31.3 Å². The molecule has 1 heterocycles. The van der Waals surface area contributed by atoms with Crippen molar-refractivity contribution in [1.29, 1.82) is 0 Å². The quantitative estimate of drug-likeness (QED) is 0.482. The molecule has 5 nitrogen and oxygen atoms in total. The molecule has 1 aliphatic heterocycles. The number of aliphatic hydroxyl groups excluding tert-OH is 1. The van der Waals surface area contributed by atoms with Crippen molar-refractivity contribution in [3.63, 3.8) is 0 Å². The van der Waals surface area contributed by atoms with Gasteiger partial charge in [0.05, 0.1) is 30.8 Å². The first-order valence-corrected chi connectivity index (χ1v) is 7.07. The van der Waals surface area contributed by atoms with Gasteiger partial charge in [0.1, 0.15) is 0 Å². The highest BCUT2D eigenvalue weighted by Gasteiger charge is 2.35. The number of hydrogen-bond acceptors (Lipinski definition) is 5. The maximum absolute atomic E-state index is 11.2. The van der Waals surface area contributed by atoms with Gasteiger partial charge in [-0.25, -0.2) is 8.42 Å². The average molecular weight is 249 g/mol. The summed E-state index contributed by atoms with van der Waals surface area (Å²) in [6.45, 7) is 7.09. The van der Waals surface area contributed by atoms with E-state index in [9.17, 15) is 13.5 Å². The zero-order chi connectivity index (χ0) is 12.2. The molecule has 1 fully saturated rings. The summed E-state index contributed by atoms with van der Waals surface area (Å²) in [5.74, 6) is -0.133. The molecule has 0 aromatic carbocycles. The second-order valence-corrected chi connectivity index (χ2v) is 6.37. The van der Waals surface area contributed by atoms with Gasteiger partial charge in [0, 0.05) is 12.6 Å². The van der Waals surface area contributed by atoms with Crippen LogP contribution < -0.4 is 5.32 Å². The van der Waals surface area contributed by atoms with E-state index in [1.54, 1.807) is 0 Å². The summed E-state index contributed by atoms with van der Waals surface area (Å²) in [4.78, 5) is 0. The predicted molar refractivity (Wildman–Crippen MR) is 62.1 cm³/mol. The van der Waals surface area contributed by atoms with Crippen LogP contribution in [0.2, 0.25) is 0 Å². The van der Waals surface area contributed by atoms with Gasteiger partial charge in [-0.2, -0.15) is 0 Å². The second-order valence-electron chi connectivity index (χ2n) is 4.21. The number of hydrogen-bond donors (Lipinski definition) is 2. The Hall–Kier alpha value is -0.430. The molecule has 2 atom stereocenters. The molecular formula is C10H19NO4S. The molecule has 0 saturated carbocycles. The van der Waals surface area contributed by atoms with Crippen molar-refractivity contribution in [2.45, 2.75) is 19.1 Å². The number of ether oxygens (including phenoxy) is 1. The minimum Gasteiger partial charge on any atom is -0.390 e. The number of aliphatic hydroxyl groups is 1. The standard InChI is InChI=1S/C10H19NO4S/c1-8(2)5-15-4-3-11-9-6-16(13,14)7-10(9)12/h9-12H,1,3-7H2,2H3. The van der Waals surface area contributed by atoms with Crippen LogP contribution in [0.4, 0.5) is 0 Å². The molecule has 0 spiro atoms. The molecule has 16 heavy (non-hydrogen) atoms. The van der Waals surface area contributed by atoms with E-state index in [1.807, 2.05) is 6.92 Å². The maximum atomic E-state index is 11.2. The van der Waals surface area contributed by atoms with Gasteiger partial charge < -0.3 is 15.2 Å². The average Bonchev–Trinajstić information content (AvgIpc) is 2.38. The molecule has 0 amide bonds. The van der Waals surface area contributed by atoms with Crippen LogP contribution in [0.1, 0.15) is 6.92 Å². The lowest BCUT2D eigenvalue weighted by atomic mass is 10.2. The van der Waals surface area contributed by atoms with E-state index >= 15 is 0 Å². The third-order valence-electron chi connectivity index (χ3n) is 2.32. The summed E-state index contributed by atoms with van der Waals surface area (Å²) < 4.78 is 27.6. The molecule has 0 aromatic heterocycles. The van der Waals surface area contributed by atoms with Gasteiger partial charge in [-0.15, -0.1) is 0 Å². The molecule has 94 valence electrons. The Balaban J connectivity index is 2.17. The van der Waals surface area contributed by atoms with E-state index in [0.717, 1.165) is 5.57 Å². The molecule has 0 radical (unpaired) electrons. The molecule has 1 saturated heterocycles. The van der Waals surface area contributed by atoms with Crippen LogP contribution in [0.5, 0.6) is 0 Å². The highest BCUT2D eigenvalue weighted by molar-refractivity contribution is 7.91. The van der Waals surface area contributed by atoms with Crippen molar-refractivity contribution >= 4 is 9.84 Å². The highest BCUT2D eigenvalue weighted by Crippen LogP contribution is 2.11. The Kier molecular flexibility index (Phi) is 4.91. The van der Waals surface area contributed by atoms with Crippen LogP contribution in [0.15, 0.2) is 12.2 Å². The first-order chi connectivity index (χ1) is 7.41. The molecule has 0 aliphatic carbocycles. The fourth-order valence-electron chi connectivity index (χ4n) is 1.59. The minimum atomic E-state index is -3.07. The van der Waals surface area contributed by atoms with Gasteiger partial charge in [-0.3, -0.25) is 0 Å². The maximum Gasteiger partial charge on any atom is 0.154 e. The van der Waals surface area contributed by atoms with Gasteiger partial charge in [0.25, 0.3) is 0 Å². The zero-order valence-corrected chi connectivity index (χ0v) is 10.3. The van der Waals surface area contributed by atoms with Crippen LogP contribution in [0.25, 0.3) is 0 Å². The first kappa shape index (κ1) is 13.6. The third-order valence-corrected chi connectivity index (χ3v) is 4.04. The molecule has 2 N–H and O–H groups in total. The monoisotopic (exact) mass is 249 g/mol. The highest BCUT2D eigenvalue weighted by atomic mass is 32.2. The van der Waals surface area contributed by atoms with E-state index < -0.39 is 15.9 Å². The van der Waals surface area contributed by atoms with Crippen LogP contribution >= 0.6 is 0 Å². The Labute approximate surface area is 96.4 Å². The fourth-order valence-corrected chi connectivity index (χ4v) is 3.36. The fraction of sp³-hybridized carbons (Fsp3) is 0.800. The largest absolute Gasteiger partial charge is 0.390 e. The summed E-state index contributed by atoms with van der Waals surface area (Å²) in [7, 11) is -3.07. The lowest BCUT2D eigenvalue weighted by molar-refractivity contribution is 0.136. The van der Waals surface area contributed by atoms with Crippen molar-refractivity contribution < 1.29 is 18.3 Å². The Morgan fingerprint density at radius 2 is 2.25 bits per heavy atom. The van der Waals surface area contributed by atoms with Gasteiger partial charge in [0.2, 0.25) is 0 Å². The summed E-state index contributed by atoms with van der Waals surface area (Å²) >= 11 is 0. The number of nitrogens with one attached hydrogen (secondary N) is 1. The molecule has 0 bridgehead atoms. The van der Waals surface area contributed by atoms with Gasteiger partial charge >= 0.3 is 0 Å². The van der Waals surface area contributed by atoms with Gasteiger partial charge in [-0.05, 0) is 6.92 Å². The van der Waals surface area contributed by atoms with Crippen molar-refractivity contribution in [1.82, 2.24) is 5.32 Å². The Morgan fingerprint density at radius 1 is 1.56 bits per heavy atom. The van der Waals surface area contributed by atoms with E-state index in [1.165, 1.54) is 0 Å². The Bertz CT molecular complexity index is 339. The summed E-state index contributed by atoms with van der Waals surface area (Å²) in [5, 5.41) is 12.4. The normalized spacial score (nSPS) is 28.1. The van der Waals surface area contributed by atoms with Gasteiger partial charge in [0.15, 0.2) is 9.84 Å². The van der Waals surface area contributed by atoms with Crippen LogP contribution in [0, 0.1) is 0 Å². The van der Waals surface area contributed by atoms with Crippen molar-refractivity contribution in [2.24, 2.45) is 0 Å². The Morgan fingerprint density at radius 3 is 2.75 bits per heavy atom. The lowest BCUT2D eigenvalue weighted by Crippen LogP contribution is -2.40. The van der Waals surface area contributed by atoms with E-state index in [-0.39, 0.29) is 17.5 Å². The van der Waals surface area contributed by atoms with Gasteiger partial charge in [-0.1, -0.05) is 12.2 Å². The molecule has 2 unspecified atom stereocenters. The molecule has 6 heteroatoms. The smallest absolute Gasteiger partial charge is 0.154 e. The summed E-state index contributed by atoms with van der Waals surface area (Å²) in [6, 6.07) is -0.363. The lowest BCUT2D eigenvalue weighted by Gasteiger charge is -2.14. The summed E-state index contributed by atoms with van der Waals surface area (Å²) in [6.07, 6.45) is -0.800. The van der Waals surface area contributed by atoms with E-state index in [4.69, 9.17) is 4.74 Å². The van der Waals surface area contributed by atoms with E-state index in [0.29, 0.717) is 19.8 Å².